The number of fused-ring (bicyclic) bond motifs is 2. The maximum atomic E-state index is 12.4. The molecule has 6 nitrogen and oxygen atoms in total. The molecule has 29 heavy (non-hydrogen) atoms. The van der Waals surface area contributed by atoms with E-state index in [1.54, 1.807) is 19.2 Å². The number of hydrogen-bond donors (Lipinski definition) is 2. The summed E-state index contributed by atoms with van der Waals surface area (Å²) in [6.07, 6.45) is 0.373. The SMILES string of the molecule is C[C@@H](Oc1cccc2cccnc12)C(=O)NC[C@@H](O)CN1Cc2ccccc2C1. The largest absolute Gasteiger partial charge is 0.479 e. The average Bonchev–Trinajstić information content (AvgIpc) is 3.14. The number of aromatic nitrogens is 1. The minimum Gasteiger partial charge on any atom is -0.479 e. The third-order valence-electron chi connectivity index (χ3n) is 5.16. The van der Waals surface area contributed by atoms with E-state index in [-0.39, 0.29) is 12.5 Å². The lowest BCUT2D eigenvalue weighted by Gasteiger charge is -2.21. The van der Waals surface area contributed by atoms with Crippen LogP contribution >= 0.6 is 0 Å². The molecule has 0 bridgehead atoms. The van der Waals surface area contributed by atoms with Crippen LogP contribution in [0.5, 0.6) is 5.75 Å². The summed E-state index contributed by atoms with van der Waals surface area (Å²) in [4.78, 5) is 18.9. The van der Waals surface area contributed by atoms with Gasteiger partial charge in [-0.3, -0.25) is 14.7 Å². The number of β-amino-alcohol motifs (C(OH)–C–C–N with tert-alkyl or cyclic N) is 1. The maximum absolute atomic E-state index is 12.4. The Morgan fingerprint density at radius 2 is 1.86 bits per heavy atom. The van der Waals surface area contributed by atoms with Crippen molar-refractivity contribution in [2.45, 2.75) is 32.2 Å². The molecule has 0 saturated heterocycles. The standard InChI is InChI=1S/C23H25N3O3/c1-16(29-21-10-4-8-17-9-5-11-24-22(17)21)23(28)25-12-20(27)15-26-13-18-6-2-3-7-19(18)14-26/h2-11,16,20,27H,12-15H2,1H3,(H,25,28)/t16-,20-/m1/s1. The number of nitrogens with one attached hydrogen (secondary N) is 1. The Hall–Kier alpha value is -2.96. The molecule has 1 aliphatic heterocycles. The molecule has 0 aliphatic carbocycles. The fraction of sp³-hybridized carbons (Fsp3) is 0.304. The lowest BCUT2D eigenvalue weighted by atomic mass is 10.1. The first-order valence-corrected chi connectivity index (χ1v) is 9.85. The Labute approximate surface area is 170 Å². The number of ether oxygens (including phenoxy) is 1. The van der Waals surface area contributed by atoms with E-state index in [1.165, 1.54) is 11.1 Å². The molecule has 6 heteroatoms. The monoisotopic (exact) mass is 391 g/mol. The molecule has 1 amide bonds. The summed E-state index contributed by atoms with van der Waals surface area (Å²) in [7, 11) is 0. The van der Waals surface area contributed by atoms with E-state index in [2.05, 4.69) is 27.3 Å². The number of carbonyl (C=O) groups is 1. The molecule has 2 heterocycles. The van der Waals surface area contributed by atoms with Crippen molar-refractivity contribution in [1.29, 1.82) is 0 Å². The molecular weight excluding hydrogens is 366 g/mol. The maximum Gasteiger partial charge on any atom is 0.260 e. The van der Waals surface area contributed by atoms with Crippen molar-refractivity contribution in [2.24, 2.45) is 0 Å². The van der Waals surface area contributed by atoms with Crippen LogP contribution in [-0.2, 0) is 17.9 Å². The van der Waals surface area contributed by atoms with Gasteiger partial charge in [0.2, 0.25) is 0 Å². The van der Waals surface area contributed by atoms with Gasteiger partial charge < -0.3 is 15.2 Å². The Bertz CT molecular complexity index is 977. The van der Waals surface area contributed by atoms with Crippen molar-refractivity contribution in [2.75, 3.05) is 13.1 Å². The molecule has 3 aromatic rings. The second kappa shape index (κ2) is 8.59. The van der Waals surface area contributed by atoms with Crippen LogP contribution in [0.1, 0.15) is 18.1 Å². The predicted octanol–water partition coefficient (Wildman–Crippen LogP) is 2.50. The Morgan fingerprint density at radius 3 is 2.62 bits per heavy atom. The molecular formula is C23H25N3O3. The molecule has 0 radical (unpaired) electrons. The predicted molar refractivity (Wildman–Crippen MR) is 111 cm³/mol. The Morgan fingerprint density at radius 1 is 1.14 bits per heavy atom. The van der Waals surface area contributed by atoms with Gasteiger partial charge in [0.15, 0.2) is 6.10 Å². The summed E-state index contributed by atoms with van der Waals surface area (Å²) >= 11 is 0. The number of amides is 1. The summed E-state index contributed by atoms with van der Waals surface area (Å²) in [5.74, 6) is 0.308. The first-order chi connectivity index (χ1) is 14.1. The first kappa shape index (κ1) is 19.4. The fourth-order valence-electron chi connectivity index (χ4n) is 3.67. The molecule has 2 N–H and O–H groups in total. The second-order valence-corrected chi connectivity index (χ2v) is 7.43. The quantitative estimate of drug-likeness (QED) is 0.647. The van der Waals surface area contributed by atoms with Gasteiger partial charge in [-0.25, -0.2) is 0 Å². The zero-order chi connectivity index (χ0) is 20.2. The zero-order valence-corrected chi connectivity index (χ0v) is 16.4. The summed E-state index contributed by atoms with van der Waals surface area (Å²) in [6, 6.07) is 17.7. The van der Waals surface area contributed by atoms with Crippen molar-refractivity contribution in [3.05, 3.63) is 71.9 Å². The summed E-state index contributed by atoms with van der Waals surface area (Å²) in [5, 5.41) is 14.1. The molecule has 0 fully saturated rings. The second-order valence-electron chi connectivity index (χ2n) is 7.43. The van der Waals surface area contributed by atoms with Gasteiger partial charge in [-0.05, 0) is 30.2 Å². The number of aliphatic hydroxyl groups is 1. The van der Waals surface area contributed by atoms with Crippen molar-refractivity contribution in [3.63, 3.8) is 0 Å². The van der Waals surface area contributed by atoms with Crippen molar-refractivity contribution >= 4 is 16.8 Å². The zero-order valence-electron chi connectivity index (χ0n) is 16.4. The lowest BCUT2D eigenvalue weighted by molar-refractivity contribution is -0.127. The molecule has 0 saturated carbocycles. The van der Waals surface area contributed by atoms with Crippen LogP contribution in [0.4, 0.5) is 0 Å². The number of nitrogens with zero attached hydrogens (tertiary/aromatic N) is 2. The molecule has 150 valence electrons. The molecule has 1 aliphatic rings. The van der Waals surface area contributed by atoms with Crippen LogP contribution in [-0.4, -0.2) is 46.2 Å². The van der Waals surface area contributed by atoms with Crippen LogP contribution < -0.4 is 10.1 Å². The number of carbonyl (C=O) groups excluding carboxylic acids is 1. The van der Waals surface area contributed by atoms with E-state index in [0.29, 0.717) is 12.3 Å². The molecule has 0 spiro atoms. The Balaban J connectivity index is 1.27. The van der Waals surface area contributed by atoms with Crippen LogP contribution in [0, 0.1) is 0 Å². The lowest BCUT2D eigenvalue weighted by Crippen LogP contribution is -2.43. The van der Waals surface area contributed by atoms with E-state index in [1.807, 2.05) is 36.4 Å². The fourth-order valence-corrected chi connectivity index (χ4v) is 3.67. The van der Waals surface area contributed by atoms with E-state index < -0.39 is 12.2 Å². The molecule has 0 unspecified atom stereocenters. The van der Waals surface area contributed by atoms with Gasteiger partial charge in [0.25, 0.3) is 5.91 Å². The highest BCUT2D eigenvalue weighted by Crippen LogP contribution is 2.24. The van der Waals surface area contributed by atoms with Crippen molar-refractivity contribution < 1.29 is 14.6 Å². The van der Waals surface area contributed by atoms with Crippen molar-refractivity contribution in [1.82, 2.24) is 15.2 Å². The third-order valence-corrected chi connectivity index (χ3v) is 5.16. The number of pyridine rings is 1. The molecule has 4 rings (SSSR count). The highest BCUT2D eigenvalue weighted by molar-refractivity contribution is 5.85. The van der Waals surface area contributed by atoms with Gasteiger partial charge >= 0.3 is 0 Å². The minimum absolute atomic E-state index is 0.188. The molecule has 2 aromatic carbocycles. The highest BCUT2D eigenvalue weighted by atomic mass is 16.5. The van der Waals surface area contributed by atoms with Gasteiger partial charge in [-0.1, -0.05) is 42.5 Å². The number of para-hydroxylation sites is 1. The summed E-state index contributed by atoms with van der Waals surface area (Å²) < 4.78 is 5.83. The van der Waals surface area contributed by atoms with Crippen LogP contribution in [0.25, 0.3) is 10.9 Å². The number of aliphatic hydroxyl groups excluding tert-OH is 1. The first-order valence-electron chi connectivity index (χ1n) is 9.85. The van der Waals surface area contributed by atoms with E-state index >= 15 is 0 Å². The van der Waals surface area contributed by atoms with Crippen LogP contribution in [0.15, 0.2) is 60.8 Å². The Kier molecular flexibility index (Phi) is 5.74. The van der Waals surface area contributed by atoms with Crippen LogP contribution in [0.3, 0.4) is 0 Å². The van der Waals surface area contributed by atoms with Crippen molar-refractivity contribution in [3.8, 4) is 5.75 Å². The third kappa shape index (κ3) is 4.55. The van der Waals surface area contributed by atoms with E-state index in [0.717, 1.165) is 24.0 Å². The number of rotatable bonds is 7. The smallest absolute Gasteiger partial charge is 0.260 e. The van der Waals surface area contributed by atoms with E-state index in [9.17, 15) is 9.90 Å². The number of hydrogen-bond acceptors (Lipinski definition) is 5. The van der Waals surface area contributed by atoms with Gasteiger partial charge in [0.05, 0.1) is 6.10 Å². The topological polar surface area (TPSA) is 74.7 Å². The van der Waals surface area contributed by atoms with Gasteiger partial charge in [-0.15, -0.1) is 0 Å². The summed E-state index contributed by atoms with van der Waals surface area (Å²) in [5.41, 5.74) is 3.33. The average molecular weight is 391 g/mol. The van der Waals surface area contributed by atoms with Gasteiger partial charge in [0.1, 0.15) is 11.3 Å². The summed E-state index contributed by atoms with van der Waals surface area (Å²) in [6.45, 7) is 4.05. The van der Waals surface area contributed by atoms with E-state index in [4.69, 9.17) is 4.74 Å². The van der Waals surface area contributed by atoms with Gasteiger partial charge in [0, 0.05) is 37.8 Å². The molecule has 1 aromatic heterocycles. The molecule has 2 atom stereocenters. The van der Waals surface area contributed by atoms with Crippen LogP contribution in [0.2, 0.25) is 0 Å². The van der Waals surface area contributed by atoms with Gasteiger partial charge in [-0.2, -0.15) is 0 Å². The number of benzene rings is 2. The highest BCUT2D eigenvalue weighted by Gasteiger charge is 2.22. The normalized spacial score (nSPS) is 15.7. The minimum atomic E-state index is -0.689.